The molecule has 0 unspecified atom stereocenters. The van der Waals surface area contributed by atoms with Gasteiger partial charge in [0.2, 0.25) is 6.79 Å². The van der Waals surface area contributed by atoms with Gasteiger partial charge in [0.1, 0.15) is 0 Å². The molecule has 0 saturated heterocycles. The van der Waals surface area contributed by atoms with Crippen molar-refractivity contribution >= 4 is 11.8 Å². The van der Waals surface area contributed by atoms with Crippen LogP contribution in [0.3, 0.4) is 0 Å². The first-order chi connectivity index (χ1) is 10.6. The SMILES string of the molecule is COc1ccnc(C(C)=O)c1OCOC(=O)c1ccccc1. The number of ketones is 1. The quantitative estimate of drug-likeness (QED) is 0.463. The van der Waals surface area contributed by atoms with Crippen molar-refractivity contribution in [1.29, 1.82) is 0 Å². The molecule has 0 aliphatic rings. The summed E-state index contributed by atoms with van der Waals surface area (Å²) in [5.74, 6) is -0.301. The minimum Gasteiger partial charge on any atom is -0.493 e. The Morgan fingerprint density at radius 3 is 2.50 bits per heavy atom. The van der Waals surface area contributed by atoms with Crippen LogP contribution in [0.5, 0.6) is 11.5 Å². The molecule has 22 heavy (non-hydrogen) atoms. The highest BCUT2D eigenvalue weighted by Crippen LogP contribution is 2.29. The monoisotopic (exact) mass is 301 g/mol. The topological polar surface area (TPSA) is 74.7 Å². The second-order valence-electron chi connectivity index (χ2n) is 4.31. The van der Waals surface area contributed by atoms with E-state index in [2.05, 4.69) is 4.98 Å². The van der Waals surface area contributed by atoms with E-state index in [1.807, 2.05) is 0 Å². The van der Waals surface area contributed by atoms with Gasteiger partial charge in [0.05, 0.1) is 12.7 Å². The van der Waals surface area contributed by atoms with Gasteiger partial charge < -0.3 is 14.2 Å². The number of Topliss-reactive ketones (excluding diaryl/α,β-unsaturated/α-hetero) is 1. The van der Waals surface area contributed by atoms with Crippen molar-refractivity contribution in [2.24, 2.45) is 0 Å². The number of benzene rings is 1. The van der Waals surface area contributed by atoms with Crippen molar-refractivity contribution in [2.75, 3.05) is 13.9 Å². The molecule has 0 amide bonds. The minimum absolute atomic E-state index is 0.120. The van der Waals surface area contributed by atoms with E-state index in [1.54, 1.807) is 36.4 Å². The van der Waals surface area contributed by atoms with E-state index >= 15 is 0 Å². The van der Waals surface area contributed by atoms with Crippen LogP contribution in [-0.4, -0.2) is 30.6 Å². The summed E-state index contributed by atoms with van der Waals surface area (Å²) < 4.78 is 15.5. The maximum absolute atomic E-state index is 11.8. The number of carbonyl (C=O) groups excluding carboxylic acids is 2. The molecule has 6 nitrogen and oxygen atoms in total. The predicted molar refractivity (Wildman–Crippen MR) is 78.1 cm³/mol. The standard InChI is InChI=1S/C16H15NO5/c1-11(18)14-15(13(20-2)8-9-17-14)21-10-22-16(19)12-6-4-3-5-7-12/h3-9H,10H2,1-2H3. The Labute approximate surface area is 127 Å². The molecule has 1 aromatic carbocycles. The number of esters is 1. The van der Waals surface area contributed by atoms with Crippen LogP contribution in [0.1, 0.15) is 27.8 Å². The summed E-state index contributed by atoms with van der Waals surface area (Å²) in [6.07, 6.45) is 1.44. The first kappa shape index (κ1) is 15.5. The number of hydrogen-bond acceptors (Lipinski definition) is 6. The van der Waals surface area contributed by atoms with E-state index < -0.39 is 5.97 Å². The Balaban J connectivity index is 2.06. The molecule has 0 fully saturated rings. The van der Waals surface area contributed by atoms with E-state index in [0.29, 0.717) is 11.3 Å². The van der Waals surface area contributed by atoms with Gasteiger partial charge in [0.15, 0.2) is 23.0 Å². The molecule has 6 heteroatoms. The van der Waals surface area contributed by atoms with E-state index in [4.69, 9.17) is 14.2 Å². The highest BCUT2D eigenvalue weighted by atomic mass is 16.7. The third kappa shape index (κ3) is 3.60. The van der Waals surface area contributed by atoms with Crippen LogP contribution >= 0.6 is 0 Å². The molecule has 0 aliphatic heterocycles. The van der Waals surface area contributed by atoms with Crippen molar-refractivity contribution in [3.05, 3.63) is 53.9 Å². The van der Waals surface area contributed by atoms with Gasteiger partial charge in [-0.05, 0) is 12.1 Å². The molecular weight excluding hydrogens is 286 g/mol. The first-order valence-electron chi connectivity index (χ1n) is 6.52. The van der Waals surface area contributed by atoms with Crippen LogP contribution in [0.2, 0.25) is 0 Å². The van der Waals surface area contributed by atoms with Crippen molar-refractivity contribution in [3.63, 3.8) is 0 Å². The molecule has 0 radical (unpaired) electrons. The van der Waals surface area contributed by atoms with E-state index in [9.17, 15) is 9.59 Å². The van der Waals surface area contributed by atoms with Gasteiger partial charge in [-0.25, -0.2) is 9.78 Å². The van der Waals surface area contributed by atoms with E-state index in [-0.39, 0.29) is 24.0 Å². The van der Waals surface area contributed by atoms with Crippen LogP contribution in [-0.2, 0) is 4.74 Å². The maximum atomic E-state index is 11.8. The molecule has 0 spiro atoms. The fourth-order valence-electron chi connectivity index (χ4n) is 1.78. The van der Waals surface area contributed by atoms with Gasteiger partial charge in [0, 0.05) is 19.2 Å². The van der Waals surface area contributed by atoms with Crippen LogP contribution in [0.25, 0.3) is 0 Å². The summed E-state index contributed by atoms with van der Waals surface area (Å²) in [6, 6.07) is 10.1. The lowest BCUT2D eigenvalue weighted by molar-refractivity contribution is 0.0144. The number of nitrogens with zero attached hydrogens (tertiary/aromatic N) is 1. The lowest BCUT2D eigenvalue weighted by atomic mass is 10.2. The van der Waals surface area contributed by atoms with Gasteiger partial charge >= 0.3 is 5.97 Å². The molecule has 0 saturated carbocycles. The summed E-state index contributed by atoms with van der Waals surface area (Å²) >= 11 is 0. The molecule has 2 aromatic rings. The first-order valence-corrected chi connectivity index (χ1v) is 6.52. The molecular formula is C16H15NO5. The Morgan fingerprint density at radius 1 is 1.14 bits per heavy atom. The van der Waals surface area contributed by atoms with Gasteiger partial charge in [-0.15, -0.1) is 0 Å². The fourth-order valence-corrected chi connectivity index (χ4v) is 1.78. The lowest BCUT2D eigenvalue weighted by Gasteiger charge is -2.12. The molecule has 2 rings (SSSR count). The Hall–Kier alpha value is -2.89. The molecule has 1 aromatic heterocycles. The van der Waals surface area contributed by atoms with E-state index in [1.165, 1.54) is 20.2 Å². The maximum Gasteiger partial charge on any atom is 0.340 e. The van der Waals surface area contributed by atoms with Gasteiger partial charge in [-0.3, -0.25) is 4.79 Å². The summed E-state index contributed by atoms with van der Waals surface area (Å²) in [4.78, 5) is 27.3. The Kier molecular flexibility index (Phi) is 5.08. The highest BCUT2D eigenvalue weighted by molar-refractivity contribution is 5.95. The Morgan fingerprint density at radius 2 is 1.86 bits per heavy atom. The third-order valence-electron chi connectivity index (χ3n) is 2.82. The number of ether oxygens (including phenoxy) is 3. The highest BCUT2D eigenvalue weighted by Gasteiger charge is 2.16. The number of rotatable bonds is 6. The zero-order chi connectivity index (χ0) is 15.9. The smallest absolute Gasteiger partial charge is 0.340 e. The number of pyridine rings is 1. The molecule has 1 heterocycles. The zero-order valence-electron chi connectivity index (χ0n) is 12.2. The van der Waals surface area contributed by atoms with Crippen molar-refractivity contribution < 1.29 is 23.8 Å². The van der Waals surface area contributed by atoms with Crippen LogP contribution in [0, 0.1) is 0 Å². The van der Waals surface area contributed by atoms with Gasteiger partial charge in [-0.1, -0.05) is 18.2 Å². The van der Waals surface area contributed by atoms with Crippen LogP contribution in [0.4, 0.5) is 0 Å². The van der Waals surface area contributed by atoms with E-state index in [0.717, 1.165) is 0 Å². The number of aromatic nitrogens is 1. The zero-order valence-corrected chi connectivity index (χ0v) is 12.2. The average molecular weight is 301 g/mol. The number of carbonyl (C=O) groups is 2. The number of hydrogen-bond donors (Lipinski definition) is 0. The lowest BCUT2D eigenvalue weighted by Crippen LogP contribution is -2.13. The summed E-state index contributed by atoms with van der Waals surface area (Å²) in [6.45, 7) is 1.01. The fraction of sp³-hybridized carbons (Fsp3) is 0.188. The van der Waals surface area contributed by atoms with Crippen LogP contribution < -0.4 is 9.47 Å². The largest absolute Gasteiger partial charge is 0.493 e. The van der Waals surface area contributed by atoms with Crippen molar-refractivity contribution in [3.8, 4) is 11.5 Å². The predicted octanol–water partition coefficient (Wildman–Crippen LogP) is 2.49. The number of methoxy groups -OCH3 is 1. The second kappa shape index (κ2) is 7.21. The molecule has 0 bridgehead atoms. The second-order valence-corrected chi connectivity index (χ2v) is 4.31. The molecule has 114 valence electrons. The van der Waals surface area contributed by atoms with Gasteiger partial charge in [0.25, 0.3) is 0 Å². The summed E-state index contributed by atoms with van der Waals surface area (Å²) in [5, 5.41) is 0. The van der Waals surface area contributed by atoms with Crippen molar-refractivity contribution in [2.45, 2.75) is 6.92 Å². The van der Waals surface area contributed by atoms with Crippen LogP contribution in [0.15, 0.2) is 42.6 Å². The Bertz CT molecular complexity index is 669. The van der Waals surface area contributed by atoms with Gasteiger partial charge in [-0.2, -0.15) is 0 Å². The van der Waals surface area contributed by atoms with Crippen molar-refractivity contribution in [1.82, 2.24) is 4.98 Å². The normalized spacial score (nSPS) is 9.91. The molecule has 0 aliphatic carbocycles. The third-order valence-corrected chi connectivity index (χ3v) is 2.82. The minimum atomic E-state index is -0.521. The molecule has 0 atom stereocenters. The summed E-state index contributed by atoms with van der Waals surface area (Å²) in [5.41, 5.74) is 0.533. The average Bonchev–Trinajstić information content (AvgIpc) is 2.55. The molecule has 0 N–H and O–H groups in total. The summed E-state index contributed by atoms with van der Waals surface area (Å²) in [7, 11) is 1.45.